The van der Waals surface area contributed by atoms with Crippen molar-refractivity contribution in [2.24, 2.45) is 23.2 Å². The fourth-order valence-corrected chi connectivity index (χ4v) is 7.29. The van der Waals surface area contributed by atoms with Gasteiger partial charge in [-0.3, -0.25) is 19.3 Å². The molecule has 1 saturated heterocycles. The number of hydrogen-bond donors (Lipinski definition) is 2. The Bertz CT molecular complexity index is 891. The SMILES string of the molecule is O=C(CC12CC3CC(CC(C3)C1)C2)NCC(=O)N1CCN(CC(=O)Nc2ccc(F)cc2)CC1. The summed E-state index contributed by atoms with van der Waals surface area (Å²) in [6.45, 7) is 2.55. The highest BCUT2D eigenvalue weighted by Gasteiger charge is 2.51. The van der Waals surface area contributed by atoms with Crippen molar-refractivity contribution in [2.45, 2.75) is 44.9 Å². The average molecular weight is 471 g/mol. The first-order valence-electron chi connectivity index (χ1n) is 12.7. The van der Waals surface area contributed by atoms with E-state index in [2.05, 4.69) is 10.6 Å². The Morgan fingerprint density at radius 1 is 0.882 bits per heavy atom. The Kier molecular flexibility index (Phi) is 6.60. The molecule has 0 aromatic heterocycles. The number of rotatable bonds is 7. The fraction of sp³-hybridized carbons (Fsp3) is 0.654. The normalized spacial score (nSPS) is 30.3. The predicted octanol–water partition coefficient (Wildman–Crippen LogP) is 2.63. The maximum Gasteiger partial charge on any atom is 0.242 e. The lowest BCUT2D eigenvalue weighted by Crippen LogP contribution is -2.53. The lowest BCUT2D eigenvalue weighted by molar-refractivity contribution is -0.136. The second-order valence-corrected chi connectivity index (χ2v) is 11.1. The average Bonchev–Trinajstić information content (AvgIpc) is 2.78. The second kappa shape index (κ2) is 9.64. The molecule has 4 bridgehead atoms. The Labute approximate surface area is 200 Å². The minimum Gasteiger partial charge on any atom is -0.347 e. The zero-order valence-electron chi connectivity index (χ0n) is 19.7. The van der Waals surface area contributed by atoms with Crippen LogP contribution in [0.4, 0.5) is 10.1 Å². The van der Waals surface area contributed by atoms with Crippen molar-refractivity contribution < 1.29 is 18.8 Å². The molecule has 2 N–H and O–H groups in total. The number of carbonyl (C=O) groups is 3. The molecule has 3 amide bonds. The number of benzene rings is 1. The second-order valence-electron chi connectivity index (χ2n) is 11.1. The first kappa shape index (κ1) is 23.3. The van der Waals surface area contributed by atoms with Gasteiger partial charge in [-0.25, -0.2) is 4.39 Å². The number of carbonyl (C=O) groups excluding carboxylic acids is 3. The van der Waals surface area contributed by atoms with E-state index in [0.717, 1.165) is 17.8 Å². The molecule has 5 fully saturated rings. The zero-order valence-corrected chi connectivity index (χ0v) is 19.7. The van der Waals surface area contributed by atoms with Gasteiger partial charge in [0.15, 0.2) is 0 Å². The van der Waals surface area contributed by atoms with E-state index < -0.39 is 0 Å². The maximum absolute atomic E-state index is 13.0. The van der Waals surface area contributed by atoms with E-state index in [1.807, 2.05) is 4.90 Å². The molecule has 1 aromatic rings. The summed E-state index contributed by atoms with van der Waals surface area (Å²) in [5.74, 6) is 1.89. The highest BCUT2D eigenvalue weighted by molar-refractivity contribution is 5.92. The third-order valence-corrected chi connectivity index (χ3v) is 8.36. The van der Waals surface area contributed by atoms with Crippen LogP contribution in [0.1, 0.15) is 44.9 Å². The summed E-state index contributed by atoms with van der Waals surface area (Å²) >= 11 is 0. The molecule has 0 atom stereocenters. The van der Waals surface area contributed by atoms with Crippen LogP contribution in [0, 0.1) is 29.0 Å². The Morgan fingerprint density at radius 2 is 1.47 bits per heavy atom. The number of halogens is 1. The molecule has 8 heteroatoms. The quantitative estimate of drug-likeness (QED) is 0.642. The predicted molar refractivity (Wildman–Crippen MR) is 126 cm³/mol. The van der Waals surface area contributed by atoms with Crippen LogP contribution in [-0.2, 0) is 14.4 Å². The molecule has 0 radical (unpaired) electrons. The van der Waals surface area contributed by atoms with Crippen LogP contribution >= 0.6 is 0 Å². The van der Waals surface area contributed by atoms with Crippen molar-refractivity contribution in [3.8, 4) is 0 Å². The molecule has 4 saturated carbocycles. The van der Waals surface area contributed by atoms with Gasteiger partial charge in [0, 0.05) is 38.3 Å². The van der Waals surface area contributed by atoms with Crippen LogP contribution in [0.15, 0.2) is 24.3 Å². The third kappa shape index (κ3) is 5.43. The number of hydrogen-bond acceptors (Lipinski definition) is 4. The molecule has 4 aliphatic carbocycles. The van der Waals surface area contributed by atoms with Crippen molar-refractivity contribution in [1.82, 2.24) is 15.1 Å². The molecule has 34 heavy (non-hydrogen) atoms. The van der Waals surface area contributed by atoms with Crippen molar-refractivity contribution in [1.29, 1.82) is 0 Å². The highest BCUT2D eigenvalue weighted by atomic mass is 19.1. The van der Waals surface area contributed by atoms with Gasteiger partial charge in [-0.2, -0.15) is 0 Å². The summed E-state index contributed by atoms with van der Waals surface area (Å²) in [5, 5.41) is 5.66. The van der Waals surface area contributed by atoms with E-state index in [-0.39, 0.29) is 42.0 Å². The van der Waals surface area contributed by atoms with E-state index in [1.54, 1.807) is 4.90 Å². The van der Waals surface area contributed by atoms with Crippen LogP contribution in [-0.4, -0.2) is 66.8 Å². The summed E-state index contributed by atoms with van der Waals surface area (Å²) in [6.07, 6.45) is 8.23. The third-order valence-electron chi connectivity index (χ3n) is 8.36. The summed E-state index contributed by atoms with van der Waals surface area (Å²) in [7, 11) is 0. The zero-order chi connectivity index (χ0) is 23.7. The molecule has 0 unspecified atom stereocenters. The summed E-state index contributed by atoms with van der Waals surface area (Å²) < 4.78 is 13.0. The lowest BCUT2D eigenvalue weighted by Gasteiger charge is -2.56. The van der Waals surface area contributed by atoms with Crippen LogP contribution in [0.25, 0.3) is 0 Å². The number of nitrogens with zero attached hydrogens (tertiary/aromatic N) is 2. The summed E-state index contributed by atoms with van der Waals surface area (Å²) in [4.78, 5) is 41.4. The summed E-state index contributed by atoms with van der Waals surface area (Å²) in [6, 6.07) is 5.67. The standard InChI is InChI=1S/C26H35FN4O3/c27-21-1-3-22(4-2-21)29-24(33)17-30-5-7-31(8-6-30)25(34)16-28-23(32)15-26-12-18-9-19(13-26)11-20(10-18)14-26/h1-4,18-20H,5-17H2,(H,28,32)(H,29,33). The van der Waals surface area contributed by atoms with E-state index >= 15 is 0 Å². The van der Waals surface area contributed by atoms with Gasteiger partial charge in [0.25, 0.3) is 0 Å². The van der Waals surface area contributed by atoms with Crippen LogP contribution < -0.4 is 10.6 Å². The van der Waals surface area contributed by atoms with Gasteiger partial charge in [-0.05, 0) is 86.0 Å². The number of nitrogens with one attached hydrogen (secondary N) is 2. The minimum absolute atomic E-state index is 0.0198. The van der Waals surface area contributed by atoms with Crippen LogP contribution in [0.5, 0.6) is 0 Å². The Hall–Kier alpha value is -2.48. The number of amides is 3. The topological polar surface area (TPSA) is 81.8 Å². The van der Waals surface area contributed by atoms with E-state index in [4.69, 9.17) is 0 Å². The summed E-state index contributed by atoms with van der Waals surface area (Å²) in [5.41, 5.74) is 0.742. The smallest absolute Gasteiger partial charge is 0.242 e. The first-order valence-corrected chi connectivity index (χ1v) is 12.7. The van der Waals surface area contributed by atoms with Crippen molar-refractivity contribution in [2.75, 3.05) is 44.6 Å². The molecule has 1 aromatic carbocycles. The van der Waals surface area contributed by atoms with Gasteiger partial charge in [0.05, 0.1) is 13.1 Å². The van der Waals surface area contributed by atoms with Gasteiger partial charge in [0.1, 0.15) is 5.82 Å². The number of piperazine rings is 1. The Balaban J connectivity index is 1.01. The molecule has 1 aliphatic heterocycles. The number of anilines is 1. The molecule has 6 rings (SSSR count). The molecule has 5 aliphatic rings. The van der Waals surface area contributed by atoms with Crippen molar-refractivity contribution >= 4 is 23.4 Å². The van der Waals surface area contributed by atoms with Crippen molar-refractivity contribution in [3.63, 3.8) is 0 Å². The maximum atomic E-state index is 13.0. The largest absolute Gasteiger partial charge is 0.347 e. The Morgan fingerprint density at radius 3 is 2.06 bits per heavy atom. The molecular weight excluding hydrogens is 435 g/mol. The van der Waals surface area contributed by atoms with Gasteiger partial charge < -0.3 is 15.5 Å². The molecular formula is C26H35FN4O3. The van der Waals surface area contributed by atoms with E-state index in [1.165, 1.54) is 62.8 Å². The van der Waals surface area contributed by atoms with E-state index in [9.17, 15) is 18.8 Å². The molecule has 184 valence electrons. The first-order chi connectivity index (χ1) is 16.4. The molecule has 0 spiro atoms. The molecule has 1 heterocycles. The highest BCUT2D eigenvalue weighted by Crippen LogP contribution is 2.61. The van der Waals surface area contributed by atoms with Gasteiger partial charge >= 0.3 is 0 Å². The van der Waals surface area contributed by atoms with Crippen LogP contribution in [0.3, 0.4) is 0 Å². The van der Waals surface area contributed by atoms with Crippen LogP contribution in [0.2, 0.25) is 0 Å². The fourth-order valence-electron chi connectivity index (χ4n) is 7.29. The van der Waals surface area contributed by atoms with E-state index in [0.29, 0.717) is 38.3 Å². The lowest BCUT2D eigenvalue weighted by atomic mass is 9.49. The minimum atomic E-state index is -0.345. The van der Waals surface area contributed by atoms with Gasteiger partial charge in [-0.15, -0.1) is 0 Å². The monoisotopic (exact) mass is 470 g/mol. The van der Waals surface area contributed by atoms with Gasteiger partial charge in [-0.1, -0.05) is 0 Å². The van der Waals surface area contributed by atoms with Gasteiger partial charge in [0.2, 0.25) is 17.7 Å². The van der Waals surface area contributed by atoms with Crippen molar-refractivity contribution in [3.05, 3.63) is 30.1 Å². The molecule has 7 nitrogen and oxygen atoms in total.